The molecule has 1 aliphatic carbocycles. The van der Waals surface area contributed by atoms with E-state index in [-0.39, 0.29) is 28.2 Å². The summed E-state index contributed by atoms with van der Waals surface area (Å²) in [5.74, 6) is -1.84. The van der Waals surface area contributed by atoms with Crippen molar-refractivity contribution in [1.29, 1.82) is 0 Å². The third-order valence-corrected chi connectivity index (χ3v) is 5.98. The molecule has 0 unspecified atom stereocenters. The molecule has 1 spiro atoms. The molecule has 3 aliphatic rings. The topological polar surface area (TPSA) is 163 Å². The summed E-state index contributed by atoms with van der Waals surface area (Å²) in [4.78, 5) is 35.3. The van der Waals surface area contributed by atoms with Crippen molar-refractivity contribution < 1.29 is 32.1 Å². The van der Waals surface area contributed by atoms with Crippen molar-refractivity contribution >= 4 is 38.7 Å². The Morgan fingerprint density at radius 2 is 2.03 bits per heavy atom. The first-order valence-corrected chi connectivity index (χ1v) is 12.3. The van der Waals surface area contributed by atoms with Crippen LogP contribution in [0, 0.1) is 11.2 Å². The maximum Gasteiger partial charge on any atom is 0.341 e. The number of nitrogens with zero attached hydrogens (tertiary/aromatic N) is 4. The fourth-order valence-corrected chi connectivity index (χ4v) is 4.23. The molecular weight excluding hydrogens is 473 g/mol. The predicted octanol–water partition coefficient (Wildman–Crippen LogP) is 0.485. The lowest BCUT2D eigenvalue weighted by atomic mass is 9.79. The lowest BCUT2D eigenvalue weighted by Gasteiger charge is -2.38. The molecule has 3 N–H and O–H groups in total. The number of rotatable bonds is 4. The lowest BCUT2D eigenvalue weighted by Crippen LogP contribution is -2.58. The number of nitrogens with one attached hydrogen (secondary N) is 1. The van der Waals surface area contributed by atoms with Gasteiger partial charge in [0.1, 0.15) is 18.3 Å². The van der Waals surface area contributed by atoms with Crippen LogP contribution in [0.3, 0.4) is 0 Å². The highest BCUT2D eigenvalue weighted by molar-refractivity contribution is 7.85. The van der Waals surface area contributed by atoms with Gasteiger partial charge in [-0.3, -0.25) is 9.35 Å². The van der Waals surface area contributed by atoms with Crippen LogP contribution in [0.25, 0.3) is 11.0 Å². The van der Waals surface area contributed by atoms with Crippen LogP contribution >= 0.6 is 0 Å². The maximum absolute atomic E-state index is 15.0. The van der Waals surface area contributed by atoms with E-state index in [4.69, 9.17) is 9.39 Å². The highest BCUT2D eigenvalue weighted by Gasteiger charge is 2.50. The van der Waals surface area contributed by atoms with E-state index in [1.54, 1.807) is 9.47 Å². The molecule has 184 valence electrons. The van der Waals surface area contributed by atoms with Crippen molar-refractivity contribution in [2.45, 2.75) is 18.9 Å². The summed E-state index contributed by atoms with van der Waals surface area (Å²) in [5.41, 5.74) is -0.140. The molecule has 3 fully saturated rings. The van der Waals surface area contributed by atoms with Crippen LogP contribution in [-0.4, -0.2) is 78.9 Å². The van der Waals surface area contributed by atoms with Crippen LogP contribution in [0.2, 0.25) is 0 Å². The zero-order chi connectivity index (χ0) is 24.8. The predicted molar refractivity (Wildman–Crippen MR) is 121 cm³/mol. The standard InChI is InChI=1S/C19H20FN5O4.CH4O3S/c1-29-23-14-6-24(9-19(14)7-21-8-19)17-13(20)4-11-15(26)12(18(27)28)5-25(10-2-3-10)16(11)22-17;1-5(2,3)4/h4-5,10,21H,2-3,6-9H2,1H3,(H,27,28);1H3,(H,2,3,4). The average Bonchev–Trinajstić information content (AvgIpc) is 3.46. The van der Waals surface area contributed by atoms with Gasteiger partial charge in [-0.1, -0.05) is 5.16 Å². The van der Waals surface area contributed by atoms with Gasteiger partial charge in [-0.05, 0) is 18.9 Å². The summed E-state index contributed by atoms with van der Waals surface area (Å²) < 4.78 is 42.6. The minimum atomic E-state index is -3.67. The number of halogens is 1. The van der Waals surface area contributed by atoms with Crippen LogP contribution in [0.5, 0.6) is 0 Å². The second-order valence-electron chi connectivity index (χ2n) is 8.67. The van der Waals surface area contributed by atoms with Crippen molar-refractivity contribution in [1.82, 2.24) is 14.9 Å². The van der Waals surface area contributed by atoms with Gasteiger partial charge >= 0.3 is 5.97 Å². The monoisotopic (exact) mass is 497 g/mol. The number of oxime groups is 1. The molecule has 14 heteroatoms. The molecule has 0 bridgehead atoms. The lowest BCUT2D eigenvalue weighted by molar-refractivity contribution is 0.0694. The van der Waals surface area contributed by atoms with Crippen molar-refractivity contribution in [3.63, 3.8) is 0 Å². The number of hydrogen-bond donors (Lipinski definition) is 3. The zero-order valence-corrected chi connectivity index (χ0v) is 19.3. The van der Waals surface area contributed by atoms with Gasteiger partial charge in [0, 0.05) is 31.9 Å². The van der Waals surface area contributed by atoms with Gasteiger partial charge in [0.05, 0.1) is 29.3 Å². The average molecular weight is 498 g/mol. The van der Waals surface area contributed by atoms with Crippen LogP contribution in [0.4, 0.5) is 10.2 Å². The first-order chi connectivity index (χ1) is 15.9. The Morgan fingerprint density at radius 1 is 1.38 bits per heavy atom. The summed E-state index contributed by atoms with van der Waals surface area (Å²) in [6.45, 7) is 2.38. The van der Waals surface area contributed by atoms with Crippen LogP contribution in [-0.2, 0) is 15.0 Å². The molecule has 2 saturated heterocycles. The third-order valence-electron chi connectivity index (χ3n) is 5.98. The molecule has 0 aromatic carbocycles. The summed E-state index contributed by atoms with van der Waals surface area (Å²) >= 11 is 0. The molecule has 1 saturated carbocycles. The van der Waals surface area contributed by atoms with Crippen molar-refractivity contribution in [3.05, 3.63) is 33.9 Å². The van der Waals surface area contributed by atoms with E-state index in [0.717, 1.165) is 37.7 Å². The minimum absolute atomic E-state index is 0.0111. The summed E-state index contributed by atoms with van der Waals surface area (Å²) in [7, 11) is -2.18. The highest BCUT2D eigenvalue weighted by atomic mass is 32.2. The van der Waals surface area contributed by atoms with Gasteiger partial charge < -0.3 is 24.7 Å². The summed E-state index contributed by atoms with van der Waals surface area (Å²) in [6.07, 6.45) is 3.79. The Kier molecular flexibility index (Phi) is 6.08. The van der Waals surface area contributed by atoms with E-state index in [0.29, 0.717) is 25.0 Å². The van der Waals surface area contributed by atoms with Gasteiger partial charge in [0.2, 0.25) is 5.43 Å². The molecule has 5 rings (SSSR count). The van der Waals surface area contributed by atoms with Gasteiger partial charge in [-0.15, -0.1) is 0 Å². The summed E-state index contributed by atoms with van der Waals surface area (Å²) in [5, 5.41) is 16.7. The minimum Gasteiger partial charge on any atom is -0.477 e. The Bertz CT molecular complexity index is 1340. The van der Waals surface area contributed by atoms with Gasteiger partial charge in [0.15, 0.2) is 11.6 Å². The van der Waals surface area contributed by atoms with Crippen molar-refractivity contribution in [2.75, 3.05) is 44.4 Å². The molecule has 12 nitrogen and oxygen atoms in total. The third kappa shape index (κ3) is 4.60. The van der Waals surface area contributed by atoms with Crippen LogP contribution < -0.4 is 15.6 Å². The second kappa shape index (κ2) is 8.60. The van der Waals surface area contributed by atoms with E-state index in [2.05, 4.69) is 15.5 Å². The number of carbonyl (C=O) groups is 1. The van der Waals surface area contributed by atoms with Crippen LogP contribution in [0.1, 0.15) is 29.2 Å². The quantitative estimate of drug-likeness (QED) is 0.400. The molecule has 0 atom stereocenters. The first-order valence-electron chi connectivity index (χ1n) is 10.4. The number of carboxylic acids is 1. The first kappa shape index (κ1) is 24.0. The Balaban J connectivity index is 0.000000499. The van der Waals surface area contributed by atoms with Crippen molar-refractivity contribution in [2.24, 2.45) is 10.6 Å². The number of hydrogen-bond acceptors (Lipinski definition) is 9. The van der Waals surface area contributed by atoms with E-state index < -0.39 is 27.3 Å². The second-order valence-corrected chi connectivity index (χ2v) is 10.1. The molecule has 4 heterocycles. The highest BCUT2D eigenvalue weighted by Crippen LogP contribution is 2.39. The van der Waals surface area contributed by atoms with Gasteiger partial charge in [-0.25, -0.2) is 14.2 Å². The molecule has 2 aromatic heterocycles. The van der Waals surface area contributed by atoms with E-state index >= 15 is 4.39 Å². The Labute approximate surface area is 193 Å². The number of anilines is 1. The Morgan fingerprint density at radius 3 is 2.53 bits per heavy atom. The van der Waals surface area contributed by atoms with Crippen molar-refractivity contribution in [3.8, 4) is 0 Å². The molecule has 0 radical (unpaired) electrons. The summed E-state index contributed by atoms with van der Waals surface area (Å²) in [6, 6.07) is 1.19. The normalized spacial score (nSPS) is 20.2. The Hall–Kier alpha value is -3.10. The number of carboxylic acid groups (broad SMARTS) is 1. The fraction of sp³-hybridized carbons (Fsp3) is 0.500. The zero-order valence-electron chi connectivity index (χ0n) is 18.5. The number of pyridine rings is 2. The van der Waals surface area contributed by atoms with E-state index in [9.17, 15) is 23.1 Å². The molecule has 2 aromatic rings. The molecular formula is C20H24FN5O7S. The van der Waals surface area contributed by atoms with Gasteiger partial charge in [-0.2, -0.15) is 8.42 Å². The number of aromatic carboxylic acids is 1. The van der Waals surface area contributed by atoms with E-state index in [1.807, 2.05) is 0 Å². The largest absolute Gasteiger partial charge is 0.477 e. The van der Waals surface area contributed by atoms with Crippen LogP contribution in [0.15, 0.2) is 22.2 Å². The smallest absolute Gasteiger partial charge is 0.341 e. The SMILES string of the molecule is CON=C1CN(c2nc3c(cc2F)c(=O)c(C(=O)O)cn3C2CC2)CC12CNC2.CS(=O)(=O)O. The molecule has 2 aliphatic heterocycles. The number of aromatic nitrogens is 2. The number of fused-ring (bicyclic) bond motifs is 1. The fourth-order valence-electron chi connectivity index (χ4n) is 4.23. The van der Waals surface area contributed by atoms with E-state index in [1.165, 1.54) is 13.3 Å². The molecule has 34 heavy (non-hydrogen) atoms. The maximum atomic E-state index is 15.0. The van der Waals surface area contributed by atoms with Gasteiger partial charge in [0.25, 0.3) is 10.1 Å². The molecule has 0 amide bonds.